The zero-order chi connectivity index (χ0) is 22.6. The molecule has 0 spiro atoms. The molecule has 2 fully saturated rings. The Hall–Kier alpha value is -1.85. The average Bonchev–Trinajstić information content (AvgIpc) is 3.35. The van der Waals surface area contributed by atoms with Gasteiger partial charge in [-0.25, -0.2) is 12.8 Å². The van der Waals surface area contributed by atoms with Crippen molar-refractivity contribution in [2.45, 2.75) is 23.8 Å². The van der Waals surface area contributed by atoms with Crippen LogP contribution in [0.15, 0.2) is 46.7 Å². The number of hydrogen-bond acceptors (Lipinski definition) is 6. The molecule has 7 nitrogen and oxygen atoms in total. The molecule has 0 aliphatic carbocycles. The number of carbonyl (C=O) groups excluding carboxylic acids is 1. The summed E-state index contributed by atoms with van der Waals surface area (Å²) in [4.78, 5) is 16.5. The lowest BCUT2D eigenvalue weighted by molar-refractivity contribution is -0.126. The Labute approximate surface area is 192 Å². The van der Waals surface area contributed by atoms with Crippen LogP contribution in [0.1, 0.15) is 23.8 Å². The van der Waals surface area contributed by atoms with Crippen molar-refractivity contribution >= 4 is 27.3 Å². The molecular formula is C22H28FN3O4S2. The van der Waals surface area contributed by atoms with Crippen molar-refractivity contribution < 1.29 is 22.3 Å². The van der Waals surface area contributed by atoms with Crippen molar-refractivity contribution in [2.24, 2.45) is 5.92 Å². The fraction of sp³-hybridized carbons (Fsp3) is 0.500. The molecule has 32 heavy (non-hydrogen) atoms. The van der Waals surface area contributed by atoms with Crippen LogP contribution in [0.4, 0.5) is 4.39 Å². The van der Waals surface area contributed by atoms with Crippen molar-refractivity contribution in [3.8, 4) is 0 Å². The minimum absolute atomic E-state index is 0.0463. The predicted octanol–water partition coefficient (Wildman–Crippen LogP) is 2.48. The molecule has 1 aromatic carbocycles. The van der Waals surface area contributed by atoms with Gasteiger partial charge in [0.2, 0.25) is 15.9 Å². The Morgan fingerprint density at radius 3 is 2.62 bits per heavy atom. The summed E-state index contributed by atoms with van der Waals surface area (Å²) in [6.45, 7) is 3.93. The largest absolute Gasteiger partial charge is 0.379 e. The number of carbonyl (C=O) groups is 1. The molecule has 1 aromatic heterocycles. The van der Waals surface area contributed by atoms with E-state index >= 15 is 0 Å². The number of thiophene rings is 1. The van der Waals surface area contributed by atoms with E-state index in [2.05, 4.69) is 16.3 Å². The molecule has 1 N–H and O–H groups in total. The van der Waals surface area contributed by atoms with E-state index in [9.17, 15) is 17.6 Å². The highest BCUT2D eigenvalue weighted by molar-refractivity contribution is 7.89. The third kappa shape index (κ3) is 5.37. The van der Waals surface area contributed by atoms with E-state index < -0.39 is 21.8 Å². The van der Waals surface area contributed by atoms with Gasteiger partial charge in [0.1, 0.15) is 5.82 Å². The van der Waals surface area contributed by atoms with E-state index in [-0.39, 0.29) is 23.4 Å². The molecule has 3 heterocycles. The molecule has 0 saturated carbocycles. The molecule has 0 radical (unpaired) electrons. The lowest BCUT2D eigenvalue weighted by Gasteiger charge is -2.35. The van der Waals surface area contributed by atoms with E-state index in [4.69, 9.17) is 4.74 Å². The second-order valence-electron chi connectivity index (χ2n) is 8.08. The summed E-state index contributed by atoms with van der Waals surface area (Å²) in [5.74, 6) is -1.02. The summed E-state index contributed by atoms with van der Waals surface area (Å²) in [5.41, 5.74) is 0. The quantitative estimate of drug-likeness (QED) is 0.657. The molecule has 2 aliphatic heterocycles. The number of benzene rings is 1. The normalized spacial score (nSPS) is 21.8. The first-order valence-electron chi connectivity index (χ1n) is 10.8. The van der Waals surface area contributed by atoms with E-state index in [1.807, 2.05) is 11.4 Å². The number of amides is 1. The van der Waals surface area contributed by atoms with E-state index in [1.54, 1.807) is 11.3 Å². The zero-order valence-corrected chi connectivity index (χ0v) is 19.4. The highest BCUT2D eigenvalue weighted by Crippen LogP contribution is 2.27. The van der Waals surface area contributed by atoms with Gasteiger partial charge in [-0.3, -0.25) is 9.69 Å². The first kappa shape index (κ1) is 23.3. The summed E-state index contributed by atoms with van der Waals surface area (Å²) in [6, 6.07) is 8.97. The third-order valence-corrected chi connectivity index (χ3v) is 8.89. The molecule has 2 aliphatic rings. The van der Waals surface area contributed by atoms with Crippen LogP contribution >= 0.6 is 11.3 Å². The smallest absolute Gasteiger partial charge is 0.243 e. The summed E-state index contributed by atoms with van der Waals surface area (Å²) in [6.07, 6.45) is 1.25. The van der Waals surface area contributed by atoms with Crippen LogP contribution in [0.25, 0.3) is 0 Å². The molecule has 2 aromatic rings. The second-order valence-corrected chi connectivity index (χ2v) is 11.0. The summed E-state index contributed by atoms with van der Waals surface area (Å²) in [7, 11) is -3.76. The number of morpholine rings is 1. The minimum Gasteiger partial charge on any atom is -0.379 e. The molecule has 174 valence electrons. The first-order valence-corrected chi connectivity index (χ1v) is 13.2. The molecule has 2 saturated heterocycles. The van der Waals surface area contributed by atoms with Gasteiger partial charge < -0.3 is 10.1 Å². The standard InChI is InChI=1S/C22H28FN3O4S2/c23-18-5-7-19(8-6-18)32(28,29)26-9-1-3-17(16-26)22(27)24-15-20(21-4-2-14-31-21)25-10-12-30-13-11-25/h2,4-8,14,17,20H,1,3,9-13,15-16H2,(H,24,27)/t17-,20+/m1/s1. The van der Waals surface area contributed by atoms with Gasteiger partial charge in [-0.15, -0.1) is 11.3 Å². The molecule has 0 unspecified atom stereocenters. The monoisotopic (exact) mass is 481 g/mol. The zero-order valence-electron chi connectivity index (χ0n) is 17.8. The van der Waals surface area contributed by atoms with Gasteiger partial charge in [0.15, 0.2) is 0 Å². The predicted molar refractivity (Wildman–Crippen MR) is 120 cm³/mol. The lowest BCUT2D eigenvalue weighted by Crippen LogP contribution is -2.48. The van der Waals surface area contributed by atoms with Crippen LogP contribution in [0, 0.1) is 11.7 Å². The number of hydrogen-bond donors (Lipinski definition) is 1. The maximum atomic E-state index is 13.2. The van der Waals surface area contributed by atoms with Crippen LogP contribution in [-0.4, -0.2) is 69.5 Å². The van der Waals surface area contributed by atoms with Crippen molar-refractivity contribution in [3.05, 3.63) is 52.5 Å². The first-order chi connectivity index (χ1) is 15.4. The average molecular weight is 482 g/mol. The Balaban J connectivity index is 1.39. The Kier molecular flexibility index (Phi) is 7.57. The number of nitrogens with one attached hydrogen (secondary N) is 1. The molecule has 10 heteroatoms. The highest BCUT2D eigenvalue weighted by atomic mass is 32.2. The summed E-state index contributed by atoms with van der Waals surface area (Å²) in [5, 5.41) is 5.10. The van der Waals surface area contributed by atoms with Crippen LogP contribution in [0.3, 0.4) is 0 Å². The van der Waals surface area contributed by atoms with Gasteiger partial charge in [0, 0.05) is 37.6 Å². The van der Waals surface area contributed by atoms with Gasteiger partial charge >= 0.3 is 0 Å². The Morgan fingerprint density at radius 2 is 1.94 bits per heavy atom. The third-order valence-electron chi connectivity index (χ3n) is 6.03. The highest BCUT2D eigenvalue weighted by Gasteiger charge is 2.34. The number of ether oxygens (including phenoxy) is 1. The lowest BCUT2D eigenvalue weighted by atomic mass is 9.98. The van der Waals surface area contributed by atoms with Crippen LogP contribution < -0.4 is 5.32 Å². The second kappa shape index (κ2) is 10.4. The molecule has 0 bridgehead atoms. The number of piperidine rings is 1. The van der Waals surface area contributed by atoms with E-state index in [0.29, 0.717) is 39.1 Å². The van der Waals surface area contributed by atoms with E-state index in [0.717, 1.165) is 25.2 Å². The fourth-order valence-corrected chi connectivity index (χ4v) is 6.64. The Morgan fingerprint density at radius 1 is 1.19 bits per heavy atom. The molecular weight excluding hydrogens is 453 g/mol. The minimum atomic E-state index is -3.76. The summed E-state index contributed by atoms with van der Waals surface area (Å²) >= 11 is 1.67. The number of sulfonamides is 1. The molecule has 4 rings (SSSR count). The van der Waals surface area contributed by atoms with Gasteiger partial charge in [0.25, 0.3) is 0 Å². The van der Waals surface area contributed by atoms with Crippen molar-refractivity contribution in [3.63, 3.8) is 0 Å². The SMILES string of the molecule is O=C(NC[C@@H](c1cccs1)N1CCOCC1)[C@@H]1CCCN(S(=O)(=O)c2ccc(F)cc2)C1. The van der Waals surface area contributed by atoms with Crippen LogP contribution in [0.5, 0.6) is 0 Å². The van der Waals surface area contributed by atoms with Crippen LogP contribution in [-0.2, 0) is 19.6 Å². The number of rotatable bonds is 7. The van der Waals surface area contributed by atoms with Crippen LogP contribution in [0.2, 0.25) is 0 Å². The fourth-order valence-electron chi connectivity index (χ4n) is 4.25. The maximum Gasteiger partial charge on any atom is 0.243 e. The number of nitrogens with zero attached hydrogens (tertiary/aromatic N) is 2. The topological polar surface area (TPSA) is 79.0 Å². The van der Waals surface area contributed by atoms with E-state index in [1.165, 1.54) is 21.3 Å². The van der Waals surface area contributed by atoms with Gasteiger partial charge in [-0.05, 0) is 48.6 Å². The van der Waals surface area contributed by atoms with Crippen molar-refractivity contribution in [1.29, 1.82) is 0 Å². The Bertz CT molecular complexity index is 993. The molecule has 2 atom stereocenters. The van der Waals surface area contributed by atoms with Crippen molar-refractivity contribution in [2.75, 3.05) is 45.9 Å². The van der Waals surface area contributed by atoms with Gasteiger partial charge in [-0.2, -0.15) is 4.31 Å². The maximum absolute atomic E-state index is 13.2. The number of halogens is 1. The van der Waals surface area contributed by atoms with Gasteiger partial charge in [0.05, 0.1) is 30.1 Å². The van der Waals surface area contributed by atoms with Crippen molar-refractivity contribution in [1.82, 2.24) is 14.5 Å². The van der Waals surface area contributed by atoms with Gasteiger partial charge in [-0.1, -0.05) is 6.07 Å². The molecule has 1 amide bonds. The summed E-state index contributed by atoms with van der Waals surface area (Å²) < 4.78 is 45.9.